The van der Waals surface area contributed by atoms with E-state index in [1.165, 1.54) is 6.07 Å². The summed E-state index contributed by atoms with van der Waals surface area (Å²) in [5, 5.41) is 0.730. The van der Waals surface area contributed by atoms with Crippen LogP contribution in [-0.4, -0.2) is 4.98 Å². The second kappa shape index (κ2) is 5.55. The van der Waals surface area contributed by atoms with Gasteiger partial charge in [-0.15, -0.1) is 0 Å². The third-order valence-electron chi connectivity index (χ3n) is 2.60. The van der Waals surface area contributed by atoms with Crippen LogP contribution in [0.2, 0.25) is 25.1 Å². The number of rotatable bonds is 1. The highest BCUT2D eigenvalue weighted by atomic mass is 35.5. The lowest BCUT2D eigenvalue weighted by atomic mass is 10.0. The van der Waals surface area contributed by atoms with Crippen LogP contribution in [0, 0.1) is 6.92 Å². The highest BCUT2D eigenvalue weighted by Crippen LogP contribution is 2.48. The maximum atomic E-state index is 11.2. The number of aryl methyl sites for hydroxylation is 1. The Morgan fingerprint density at radius 3 is 1.79 bits per heavy atom. The third-order valence-corrected chi connectivity index (χ3v) is 4.87. The molecule has 7 heteroatoms. The Hall–Kier alpha value is -0.380. The molecule has 0 amide bonds. The zero-order valence-electron chi connectivity index (χ0n) is 9.45. The molecular weight excluding hydrogens is 351 g/mol. The first-order chi connectivity index (χ1) is 8.84. The number of benzene rings is 1. The highest BCUT2D eigenvalue weighted by Gasteiger charge is 2.21. The molecule has 2 aromatic rings. The first kappa shape index (κ1) is 15.0. The Balaban J connectivity index is 2.86. The predicted molar refractivity (Wildman–Crippen MR) is 82.3 cm³/mol. The topological polar surface area (TPSA) is 32.9 Å². The first-order valence-corrected chi connectivity index (χ1v) is 6.95. The summed E-state index contributed by atoms with van der Waals surface area (Å²) in [5.41, 5.74) is 1.46. The fourth-order valence-corrected chi connectivity index (χ4v) is 3.03. The smallest absolute Gasteiger partial charge is 0.248 e. The fraction of sp³-hybridized carbons (Fsp3) is 0.0833. The van der Waals surface area contributed by atoms with Gasteiger partial charge >= 0.3 is 0 Å². The summed E-state index contributed by atoms with van der Waals surface area (Å²) in [5.74, 6) is 0. The Morgan fingerprint density at radius 1 is 0.842 bits per heavy atom. The molecule has 1 aromatic heterocycles. The largest absolute Gasteiger partial charge is 0.326 e. The van der Waals surface area contributed by atoms with Crippen molar-refractivity contribution in [2.45, 2.75) is 6.92 Å². The number of aromatic nitrogens is 1. The average Bonchev–Trinajstić information content (AvgIpc) is 2.37. The van der Waals surface area contributed by atoms with Crippen LogP contribution in [0.5, 0.6) is 0 Å². The Bertz CT molecular complexity index is 694. The van der Waals surface area contributed by atoms with Gasteiger partial charge in [0.05, 0.1) is 25.1 Å². The quantitative estimate of drug-likeness (QED) is 0.522. The van der Waals surface area contributed by atoms with E-state index >= 15 is 0 Å². The van der Waals surface area contributed by atoms with Crippen LogP contribution < -0.4 is 5.56 Å². The van der Waals surface area contributed by atoms with Crippen LogP contribution in [0.25, 0.3) is 11.1 Å². The molecular formula is C12H6Cl5NO. The average molecular weight is 357 g/mol. The van der Waals surface area contributed by atoms with Crippen molar-refractivity contribution in [3.8, 4) is 11.1 Å². The first-order valence-electron chi connectivity index (χ1n) is 5.06. The maximum Gasteiger partial charge on any atom is 0.248 e. The van der Waals surface area contributed by atoms with Crippen LogP contribution in [0.4, 0.5) is 0 Å². The van der Waals surface area contributed by atoms with Gasteiger partial charge in [-0.05, 0) is 13.0 Å². The van der Waals surface area contributed by atoms with Crippen LogP contribution in [0.1, 0.15) is 5.69 Å². The molecule has 0 radical (unpaired) electrons. The molecule has 100 valence electrons. The Kier molecular flexibility index (Phi) is 4.38. The SMILES string of the molecule is Cc1[nH]c(=O)ccc1-c1c(Cl)c(Cl)c(Cl)c(Cl)c1Cl. The van der Waals surface area contributed by atoms with Crippen LogP contribution in [0.15, 0.2) is 16.9 Å². The zero-order valence-corrected chi connectivity index (χ0v) is 13.2. The summed E-state index contributed by atoms with van der Waals surface area (Å²) in [6, 6.07) is 2.97. The highest BCUT2D eigenvalue weighted by molar-refractivity contribution is 6.56. The summed E-state index contributed by atoms with van der Waals surface area (Å²) in [6.45, 7) is 1.72. The van der Waals surface area contributed by atoms with Gasteiger partial charge in [0.1, 0.15) is 0 Å². The van der Waals surface area contributed by atoms with Crippen molar-refractivity contribution < 1.29 is 0 Å². The molecule has 0 spiro atoms. The van der Waals surface area contributed by atoms with Gasteiger partial charge in [-0.1, -0.05) is 58.0 Å². The molecule has 19 heavy (non-hydrogen) atoms. The van der Waals surface area contributed by atoms with Gasteiger partial charge in [0, 0.05) is 22.9 Å². The van der Waals surface area contributed by atoms with E-state index in [-0.39, 0.29) is 30.7 Å². The number of halogens is 5. The van der Waals surface area contributed by atoms with Gasteiger partial charge in [-0.2, -0.15) is 0 Å². The normalized spacial score (nSPS) is 10.8. The standard InChI is InChI=1S/C12H6Cl5NO/c1-4-5(2-3-6(19)18-4)7-8(13)10(15)12(17)11(16)9(7)14/h2-3H,1H3,(H,18,19). The van der Waals surface area contributed by atoms with E-state index in [4.69, 9.17) is 58.0 Å². The lowest BCUT2D eigenvalue weighted by molar-refractivity contribution is 1.15. The molecule has 0 aliphatic carbocycles. The van der Waals surface area contributed by atoms with Crippen molar-refractivity contribution in [2.75, 3.05) is 0 Å². The van der Waals surface area contributed by atoms with E-state index in [1.54, 1.807) is 13.0 Å². The molecule has 0 unspecified atom stereocenters. The number of pyridine rings is 1. The van der Waals surface area contributed by atoms with Gasteiger partial charge in [0.2, 0.25) is 5.56 Å². The van der Waals surface area contributed by atoms with Crippen molar-refractivity contribution >= 4 is 58.0 Å². The van der Waals surface area contributed by atoms with Crippen LogP contribution in [0.3, 0.4) is 0 Å². The second-order valence-corrected chi connectivity index (χ2v) is 5.70. The molecule has 0 saturated heterocycles. The molecule has 1 N–H and O–H groups in total. The van der Waals surface area contributed by atoms with Gasteiger partial charge in [0.25, 0.3) is 0 Å². The van der Waals surface area contributed by atoms with E-state index in [1.807, 2.05) is 0 Å². The Morgan fingerprint density at radius 2 is 1.32 bits per heavy atom. The minimum absolute atomic E-state index is 0.101. The summed E-state index contributed by atoms with van der Waals surface area (Å²) in [4.78, 5) is 13.9. The van der Waals surface area contributed by atoms with Crippen molar-refractivity contribution in [1.29, 1.82) is 0 Å². The Labute approximate surface area is 134 Å². The van der Waals surface area contributed by atoms with Crippen LogP contribution >= 0.6 is 58.0 Å². The molecule has 2 rings (SSSR count). The molecule has 0 saturated carbocycles. The van der Waals surface area contributed by atoms with E-state index in [0.29, 0.717) is 16.8 Å². The number of H-pyrrole nitrogens is 1. The van der Waals surface area contributed by atoms with E-state index in [0.717, 1.165) is 0 Å². The molecule has 0 atom stereocenters. The van der Waals surface area contributed by atoms with E-state index in [9.17, 15) is 4.79 Å². The van der Waals surface area contributed by atoms with Gasteiger partial charge in [-0.3, -0.25) is 4.79 Å². The molecule has 1 aromatic carbocycles. The molecule has 0 aliphatic rings. The summed E-state index contributed by atoms with van der Waals surface area (Å²) in [7, 11) is 0. The monoisotopic (exact) mass is 355 g/mol. The summed E-state index contributed by atoms with van der Waals surface area (Å²) in [6.07, 6.45) is 0. The lowest BCUT2D eigenvalue weighted by Crippen LogP contribution is -2.06. The van der Waals surface area contributed by atoms with Crippen molar-refractivity contribution in [3.05, 3.63) is 53.3 Å². The van der Waals surface area contributed by atoms with Crippen LogP contribution in [-0.2, 0) is 0 Å². The lowest BCUT2D eigenvalue weighted by Gasteiger charge is -2.14. The number of aromatic amines is 1. The van der Waals surface area contributed by atoms with Gasteiger partial charge < -0.3 is 4.98 Å². The van der Waals surface area contributed by atoms with Gasteiger partial charge in [0.15, 0.2) is 0 Å². The summed E-state index contributed by atoms with van der Waals surface area (Å²) < 4.78 is 0. The molecule has 1 heterocycles. The number of hydrogen-bond acceptors (Lipinski definition) is 1. The van der Waals surface area contributed by atoms with Crippen molar-refractivity contribution in [2.24, 2.45) is 0 Å². The minimum Gasteiger partial charge on any atom is -0.326 e. The van der Waals surface area contributed by atoms with Crippen molar-refractivity contribution in [1.82, 2.24) is 4.98 Å². The van der Waals surface area contributed by atoms with Gasteiger partial charge in [-0.25, -0.2) is 0 Å². The predicted octanol–water partition coefficient (Wildman–Crippen LogP) is 5.62. The third kappa shape index (κ3) is 2.61. The zero-order chi connectivity index (χ0) is 14.3. The van der Waals surface area contributed by atoms with Crippen molar-refractivity contribution in [3.63, 3.8) is 0 Å². The fourth-order valence-electron chi connectivity index (χ4n) is 1.69. The molecule has 2 nitrogen and oxygen atoms in total. The molecule has 0 fully saturated rings. The maximum absolute atomic E-state index is 11.2. The number of hydrogen-bond donors (Lipinski definition) is 1. The minimum atomic E-state index is -0.223. The number of nitrogens with one attached hydrogen (secondary N) is 1. The molecule has 0 aliphatic heterocycles. The molecule has 0 bridgehead atoms. The van der Waals surface area contributed by atoms with E-state index < -0.39 is 0 Å². The van der Waals surface area contributed by atoms with E-state index in [2.05, 4.69) is 4.98 Å². The second-order valence-electron chi connectivity index (χ2n) is 3.81. The summed E-state index contributed by atoms with van der Waals surface area (Å²) >= 11 is 30.3.